The van der Waals surface area contributed by atoms with Crippen LogP contribution in [0.5, 0.6) is 5.75 Å². The molecular weight excluding hydrogens is 187 g/mol. The highest BCUT2D eigenvalue weighted by Gasteiger charge is 1.96. The van der Waals surface area contributed by atoms with Crippen LogP contribution in [0.4, 0.5) is 4.39 Å². The minimum atomic E-state index is -0.775. The molecule has 0 aliphatic carbocycles. The molecule has 1 rings (SSSR count). The second kappa shape index (κ2) is 6.34. The van der Waals surface area contributed by atoms with E-state index in [0.717, 1.165) is 5.56 Å². The van der Waals surface area contributed by atoms with Gasteiger partial charge in [-0.1, -0.05) is 12.1 Å². The third-order valence-corrected chi connectivity index (χ3v) is 1.59. The van der Waals surface area contributed by atoms with Gasteiger partial charge < -0.3 is 14.2 Å². The summed E-state index contributed by atoms with van der Waals surface area (Å²) in [7, 11) is 1.55. The minimum Gasteiger partial charge on any atom is -0.468 e. The summed E-state index contributed by atoms with van der Waals surface area (Å²) in [6.07, 6.45) is 0. The number of methoxy groups -OCH3 is 1. The van der Waals surface area contributed by atoms with Gasteiger partial charge in [-0.2, -0.15) is 0 Å². The van der Waals surface area contributed by atoms with Crippen LogP contribution in [0.25, 0.3) is 0 Å². The van der Waals surface area contributed by atoms with Gasteiger partial charge in [-0.3, -0.25) is 0 Å². The quantitative estimate of drug-likeness (QED) is 0.658. The molecule has 0 aromatic heterocycles. The van der Waals surface area contributed by atoms with Gasteiger partial charge >= 0.3 is 0 Å². The third kappa shape index (κ3) is 3.72. The van der Waals surface area contributed by atoms with Crippen LogP contribution in [-0.2, 0) is 16.1 Å². The number of hydrogen-bond acceptors (Lipinski definition) is 3. The predicted octanol–water partition coefficient (Wildman–Crippen LogP) is 2.11. The second-order valence-electron chi connectivity index (χ2n) is 2.66. The van der Waals surface area contributed by atoms with Crippen LogP contribution in [0, 0.1) is 0 Å². The molecule has 0 aliphatic heterocycles. The predicted molar refractivity (Wildman–Crippen MR) is 49.7 cm³/mol. The highest BCUT2D eigenvalue weighted by molar-refractivity contribution is 5.27. The lowest BCUT2D eigenvalue weighted by Crippen LogP contribution is -1.99. The third-order valence-electron chi connectivity index (χ3n) is 1.59. The van der Waals surface area contributed by atoms with Crippen LogP contribution in [0.1, 0.15) is 5.56 Å². The van der Waals surface area contributed by atoms with Crippen molar-refractivity contribution in [1.82, 2.24) is 0 Å². The Kier molecular flexibility index (Phi) is 4.96. The van der Waals surface area contributed by atoms with E-state index in [1.165, 1.54) is 0 Å². The van der Waals surface area contributed by atoms with Crippen molar-refractivity contribution in [1.29, 1.82) is 0 Å². The maximum atomic E-state index is 11.7. The molecule has 0 saturated heterocycles. The first kappa shape index (κ1) is 10.9. The summed E-state index contributed by atoms with van der Waals surface area (Å²) in [5, 5.41) is 0. The van der Waals surface area contributed by atoms with Crippen molar-refractivity contribution < 1.29 is 18.6 Å². The summed E-state index contributed by atoms with van der Waals surface area (Å²) in [6, 6.07) is 7.25. The van der Waals surface area contributed by atoms with Gasteiger partial charge in [0.25, 0.3) is 0 Å². The van der Waals surface area contributed by atoms with Crippen LogP contribution >= 0.6 is 0 Å². The Morgan fingerprint density at radius 2 is 2.21 bits per heavy atom. The molecule has 4 heteroatoms. The van der Waals surface area contributed by atoms with E-state index in [1.54, 1.807) is 19.2 Å². The van der Waals surface area contributed by atoms with Crippen molar-refractivity contribution in [3.63, 3.8) is 0 Å². The van der Waals surface area contributed by atoms with Gasteiger partial charge in [-0.05, 0) is 17.7 Å². The smallest absolute Gasteiger partial charge is 0.188 e. The van der Waals surface area contributed by atoms with E-state index in [1.807, 2.05) is 12.1 Å². The molecule has 0 saturated carbocycles. The van der Waals surface area contributed by atoms with Gasteiger partial charge in [0.2, 0.25) is 0 Å². The Morgan fingerprint density at radius 3 is 2.93 bits per heavy atom. The molecule has 0 N–H and O–H groups in total. The Hall–Kier alpha value is -1.13. The molecular formula is C10H13FO3. The molecule has 78 valence electrons. The summed E-state index contributed by atoms with van der Waals surface area (Å²) in [4.78, 5) is 0. The van der Waals surface area contributed by atoms with Gasteiger partial charge in [0.1, 0.15) is 5.75 Å². The average molecular weight is 200 g/mol. The minimum absolute atomic E-state index is 0.202. The van der Waals surface area contributed by atoms with E-state index in [-0.39, 0.29) is 13.4 Å². The number of ether oxygens (including phenoxy) is 3. The highest BCUT2D eigenvalue weighted by Crippen LogP contribution is 2.13. The standard InChI is InChI=1S/C10H13FO3/c1-12-8-14-10-4-2-3-9(5-10)6-13-7-11/h2-5H,6-8H2,1H3. The Morgan fingerprint density at radius 1 is 1.36 bits per heavy atom. The average Bonchev–Trinajstić information content (AvgIpc) is 2.24. The second-order valence-corrected chi connectivity index (χ2v) is 2.66. The van der Waals surface area contributed by atoms with Crippen molar-refractivity contribution in [3.05, 3.63) is 29.8 Å². The Bertz CT molecular complexity index is 242. The van der Waals surface area contributed by atoms with Crippen molar-refractivity contribution in [2.24, 2.45) is 0 Å². The van der Waals surface area contributed by atoms with Gasteiger partial charge in [0, 0.05) is 7.11 Å². The van der Waals surface area contributed by atoms with Gasteiger partial charge in [0.05, 0.1) is 6.61 Å². The van der Waals surface area contributed by atoms with Crippen LogP contribution in [0.3, 0.4) is 0 Å². The zero-order valence-corrected chi connectivity index (χ0v) is 8.03. The van der Waals surface area contributed by atoms with Crippen LogP contribution in [0.15, 0.2) is 24.3 Å². The van der Waals surface area contributed by atoms with Crippen LogP contribution < -0.4 is 4.74 Å². The molecule has 14 heavy (non-hydrogen) atoms. The van der Waals surface area contributed by atoms with E-state index in [9.17, 15) is 4.39 Å². The van der Waals surface area contributed by atoms with Gasteiger partial charge in [-0.25, -0.2) is 4.39 Å². The van der Waals surface area contributed by atoms with Crippen molar-refractivity contribution in [2.45, 2.75) is 6.61 Å². The fourth-order valence-corrected chi connectivity index (χ4v) is 1.01. The lowest BCUT2D eigenvalue weighted by molar-refractivity contribution is 0.0439. The number of alkyl halides is 1. The van der Waals surface area contributed by atoms with Crippen LogP contribution in [-0.4, -0.2) is 20.8 Å². The lowest BCUT2D eigenvalue weighted by atomic mass is 10.2. The van der Waals surface area contributed by atoms with Crippen molar-refractivity contribution >= 4 is 0 Å². The monoisotopic (exact) mass is 200 g/mol. The molecule has 0 unspecified atom stereocenters. The molecule has 0 amide bonds. The molecule has 1 aromatic rings. The number of hydrogen-bond donors (Lipinski definition) is 0. The number of rotatable bonds is 6. The van der Waals surface area contributed by atoms with Gasteiger partial charge in [0.15, 0.2) is 13.7 Å². The van der Waals surface area contributed by atoms with Crippen molar-refractivity contribution in [3.8, 4) is 5.75 Å². The normalized spacial score (nSPS) is 10.1. The molecule has 1 aromatic carbocycles. The number of benzene rings is 1. The van der Waals surface area contributed by atoms with Crippen LogP contribution in [0.2, 0.25) is 0 Å². The van der Waals surface area contributed by atoms with E-state index in [0.29, 0.717) is 5.75 Å². The molecule has 0 radical (unpaired) electrons. The van der Waals surface area contributed by atoms with Crippen molar-refractivity contribution in [2.75, 3.05) is 20.8 Å². The maximum Gasteiger partial charge on any atom is 0.188 e. The maximum absolute atomic E-state index is 11.7. The topological polar surface area (TPSA) is 27.7 Å². The van der Waals surface area contributed by atoms with E-state index < -0.39 is 6.86 Å². The zero-order chi connectivity index (χ0) is 10.2. The summed E-state index contributed by atoms with van der Waals surface area (Å²) in [5.74, 6) is 0.687. The molecule has 3 nitrogen and oxygen atoms in total. The summed E-state index contributed by atoms with van der Waals surface area (Å²) >= 11 is 0. The molecule has 0 aliphatic rings. The first-order valence-electron chi connectivity index (χ1n) is 4.21. The first-order chi connectivity index (χ1) is 6.86. The molecule has 0 bridgehead atoms. The first-order valence-corrected chi connectivity index (χ1v) is 4.21. The summed E-state index contributed by atoms with van der Waals surface area (Å²) in [5.41, 5.74) is 0.872. The fourth-order valence-electron chi connectivity index (χ4n) is 1.01. The SMILES string of the molecule is COCOc1cccc(COCF)c1. The summed E-state index contributed by atoms with van der Waals surface area (Å²) in [6.45, 7) is -0.322. The highest BCUT2D eigenvalue weighted by atomic mass is 19.1. The van der Waals surface area contributed by atoms with E-state index in [4.69, 9.17) is 9.47 Å². The molecule has 0 heterocycles. The molecule has 0 fully saturated rings. The van der Waals surface area contributed by atoms with E-state index in [2.05, 4.69) is 4.74 Å². The number of halogens is 1. The van der Waals surface area contributed by atoms with E-state index >= 15 is 0 Å². The lowest BCUT2D eigenvalue weighted by Gasteiger charge is -2.06. The Labute approximate surface area is 82.4 Å². The Balaban J connectivity index is 2.50. The fraction of sp³-hybridized carbons (Fsp3) is 0.400. The molecule has 0 spiro atoms. The molecule has 0 atom stereocenters. The van der Waals surface area contributed by atoms with Gasteiger partial charge in [-0.15, -0.1) is 0 Å². The zero-order valence-electron chi connectivity index (χ0n) is 8.03. The largest absolute Gasteiger partial charge is 0.468 e. The summed E-state index contributed by atoms with van der Waals surface area (Å²) < 4.78 is 26.3.